The molecule has 0 N–H and O–H groups in total. The van der Waals surface area contributed by atoms with Crippen molar-refractivity contribution in [3.63, 3.8) is 0 Å². The Balaban J connectivity index is 2.33. The monoisotopic (exact) mass is 225 g/mol. The number of benzene rings is 1. The van der Waals surface area contributed by atoms with Gasteiger partial charge in [0.25, 0.3) is 0 Å². The molecule has 1 heterocycles. The second-order valence-corrected chi connectivity index (χ2v) is 3.43. The molecule has 17 heavy (non-hydrogen) atoms. The van der Waals surface area contributed by atoms with Crippen LogP contribution in [0.25, 0.3) is 10.9 Å². The minimum Gasteiger partial charge on any atom is -0.468 e. The Morgan fingerprint density at radius 2 is 2.18 bits per heavy atom. The van der Waals surface area contributed by atoms with Crippen LogP contribution in [0.15, 0.2) is 36.5 Å². The molecule has 0 saturated heterocycles. The van der Waals surface area contributed by atoms with Crippen molar-refractivity contribution in [2.75, 3.05) is 7.11 Å². The van der Waals surface area contributed by atoms with Crippen LogP contribution in [0.1, 0.15) is 12.0 Å². The molecule has 1 aromatic carbocycles. The molecule has 0 aliphatic carbocycles. The van der Waals surface area contributed by atoms with Gasteiger partial charge in [0, 0.05) is 17.1 Å². The van der Waals surface area contributed by atoms with E-state index in [4.69, 9.17) is 0 Å². The zero-order valence-electron chi connectivity index (χ0n) is 9.43. The maximum atomic E-state index is 10.9. The van der Waals surface area contributed by atoms with Gasteiger partial charge in [-0.1, -0.05) is 30.0 Å². The lowest BCUT2D eigenvalue weighted by Crippen LogP contribution is -1.97. The van der Waals surface area contributed by atoms with Crippen LogP contribution in [-0.4, -0.2) is 18.1 Å². The largest absolute Gasteiger partial charge is 0.468 e. The predicted molar refractivity (Wildman–Crippen MR) is 65.3 cm³/mol. The molecule has 3 nitrogen and oxygen atoms in total. The van der Waals surface area contributed by atoms with Gasteiger partial charge in [-0.15, -0.1) is 0 Å². The summed E-state index contributed by atoms with van der Waals surface area (Å²) in [5.74, 6) is 5.43. The highest BCUT2D eigenvalue weighted by Gasteiger charge is 1.98. The first-order valence-electron chi connectivity index (χ1n) is 5.20. The highest BCUT2D eigenvalue weighted by molar-refractivity contribution is 5.84. The summed E-state index contributed by atoms with van der Waals surface area (Å²) in [5.41, 5.74) is 1.77. The van der Waals surface area contributed by atoms with Crippen LogP contribution in [0, 0.1) is 11.8 Å². The van der Waals surface area contributed by atoms with E-state index in [9.17, 15) is 4.79 Å². The number of carbonyl (C=O) groups is 1. The predicted octanol–water partition coefficient (Wildman–Crippen LogP) is 2.15. The zero-order chi connectivity index (χ0) is 12.1. The Morgan fingerprint density at radius 1 is 1.35 bits per heavy atom. The molecule has 3 heteroatoms. The van der Waals surface area contributed by atoms with Crippen molar-refractivity contribution in [2.24, 2.45) is 0 Å². The van der Waals surface area contributed by atoms with Crippen molar-refractivity contribution in [2.45, 2.75) is 6.42 Å². The molecule has 0 radical (unpaired) electrons. The van der Waals surface area contributed by atoms with Crippen LogP contribution < -0.4 is 0 Å². The minimum atomic E-state index is -0.323. The lowest BCUT2D eigenvalue weighted by molar-refractivity contribution is -0.139. The molecular weight excluding hydrogens is 214 g/mol. The third-order valence-electron chi connectivity index (χ3n) is 2.33. The molecule has 84 valence electrons. The SMILES string of the molecule is COC(=O)CC#Cc1ccnc2ccccc12. The van der Waals surface area contributed by atoms with Crippen LogP contribution in [0.3, 0.4) is 0 Å². The van der Waals surface area contributed by atoms with Crippen LogP contribution in [0.5, 0.6) is 0 Å². The number of pyridine rings is 1. The molecule has 0 atom stereocenters. The fourth-order valence-corrected chi connectivity index (χ4v) is 1.49. The molecule has 0 aliphatic heterocycles. The van der Waals surface area contributed by atoms with Crippen molar-refractivity contribution in [1.82, 2.24) is 4.98 Å². The van der Waals surface area contributed by atoms with Gasteiger partial charge in [0.15, 0.2) is 0 Å². The highest BCUT2D eigenvalue weighted by Crippen LogP contribution is 2.14. The summed E-state index contributed by atoms with van der Waals surface area (Å²) in [7, 11) is 1.35. The van der Waals surface area contributed by atoms with E-state index < -0.39 is 0 Å². The number of fused-ring (bicyclic) bond motifs is 1. The number of hydrogen-bond donors (Lipinski definition) is 0. The van der Waals surface area contributed by atoms with Gasteiger partial charge in [-0.3, -0.25) is 9.78 Å². The topological polar surface area (TPSA) is 39.2 Å². The summed E-state index contributed by atoms with van der Waals surface area (Å²) in [6.07, 6.45) is 1.82. The van der Waals surface area contributed by atoms with E-state index in [0.717, 1.165) is 16.5 Å². The fourth-order valence-electron chi connectivity index (χ4n) is 1.49. The summed E-state index contributed by atoms with van der Waals surface area (Å²) in [6, 6.07) is 9.61. The van der Waals surface area contributed by atoms with Gasteiger partial charge < -0.3 is 4.74 Å². The van der Waals surface area contributed by atoms with Crippen molar-refractivity contribution in [1.29, 1.82) is 0 Å². The van der Waals surface area contributed by atoms with Gasteiger partial charge in [-0.2, -0.15) is 0 Å². The summed E-state index contributed by atoms with van der Waals surface area (Å²) in [6.45, 7) is 0. The molecule has 0 aliphatic rings. The Kier molecular flexibility index (Phi) is 3.37. The van der Waals surface area contributed by atoms with E-state index >= 15 is 0 Å². The number of nitrogens with zero attached hydrogens (tertiary/aromatic N) is 1. The van der Waals surface area contributed by atoms with E-state index in [0.29, 0.717) is 0 Å². The Labute approximate surface area is 99.4 Å². The van der Waals surface area contributed by atoms with Gasteiger partial charge >= 0.3 is 5.97 Å². The van der Waals surface area contributed by atoms with Gasteiger partial charge in [-0.25, -0.2) is 0 Å². The second-order valence-electron chi connectivity index (χ2n) is 3.43. The quantitative estimate of drug-likeness (QED) is 0.551. The third-order valence-corrected chi connectivity index (χ3v) is 2.33. The summed E-state index contributed by atoms with van der Waals surface area (Å²) >= 11 is 0. The van der Waals surface area contributed by atoms with Crippen molar-refractivity contribution in [3.8, 4) is 11.8 Å². The fraction of sp³-hybridized carbons (Fsp3) is 0.143. The number of ether oxygens (including phenoxy) is 1. The van der Waals surface area contributed by atoms with Crippen LogP contribution in [-0.2, 0) is 9.53 Å². The number of methoxy groups -OCH3 is 1. The number of esters is 1. The average Bonchev–Trinajstić information content (AvgIpc) is 2.39. The molecular formula is C14H11NO2. The van der Waals surface area contributed by atoms with Gasteiger partial charge in [0.2, 0.25) is 0 Å². The molecule has 0 unspecified atom stereocenters. The standard InChI is InChI=1S/C14H11NO2/c1-17-14(16)8-4-5-11-9-10-15-13-7-3-2-6-12(11)13/h2-3,6-7,9-10H,8H2,1H3. The second kappa shape index (κ2) is 5.13. The maximum Gasteiger partial charge on any atom is 0.317 e. The first-order chi connectivity index (χ1) is 8.31. The lowest BCUT2D eigenvalue weighted by Gasteiger charge is -1.98. The smallest absolute Gasteiger partial charge is 0.317 e. The zero-order valence-corrected chi connectivity index (χ0v) is 9.43. The number of hydrogen-bond acceptors (Lipinski definition) is 3. The van der Waals surface area contributed by atoms with Crippen LogP contribution in [0.4, 0.5) is 0 Å². The highest BCUT2D eigenvalue weighted by atomic mass is 16.5. The molecule has 0 spiro atoms. The van der Waals surface area contributed by atoms with Crippen molar-refractivity contribution >= 4 is 16.9 Å². The minimum absolute atomic E-state index is 0.104. The molecule has 0 saturated carbocycles. The Hall–Kier alpha value is -2.34. The molecule has 0 amide bonds. The van der Waals surface area contributed by atoms with E-state index in [-0.39, 0.29) is 12.4 Å². The van der Waals surface area contributed by atoms with Crippen molar-refractivity contribution in [3.05, 3.63) is 42.1 Å². The van der Waals surface area contributed by atoms with E-state index in [1.165, 1.54) is 7.11 Å². The first-order valence-corrected chi connectivity index (χ1v) is 5.20. The molecule has 0 fully saturated rings. The van der Waals surface area contributed by atoms with Gasteiger partial charge in [-0.05, 0) is 12.1 Å². The van der Waals surface area contributed by atoms with Gasteiger partial charge in [0.05, 0.1) is 12.6 Å². The number of carbonyl (C=O) groups excluding carboxylic acids is 1. The van der Waals surface area contributed by atoms with Gasteiger partial charge in [0.1, 0.15) is 6.42 Å². The number of para-hydroxylation sites is 1. The molecule has 2 aromatic rings. The number of aromatic nitrogens is 1. The van der Waals surface area contributed by atoms with Crippen LogP contribution in [0.2, 0.25) is 0 Å². The van der Waals surface area contributed by atoms with E-state index in [2.05, 4.69) is 21.6 Å². The van der Waals surface area contributed by atoms with E-state index in [1.54, 1.807) is 6.20 Å². The third kappa shape index (κ3) is 2.61. The van der Waals surface area contributed by atoms with Crippen molar-refractivity contribution < 1.29 is 9.53 Å². The Morgan fingerprint density at radius 3 is 3.00 bits per heavy atom. The first kappa shape index (κ1) is 11.2. The summed E-state index contributed by atoms with van der Waals surface area (Å²) in [4.78, 5) is 15.2. The lowest BCUT2D eigenvalue weighted by atomic mass is 10.1. The summed E-state index contributed by atoms with van der Waals surface area (Å²) in [5, 5.41) is 0.993. The average molecular weight is 225 g/mol. The summed E-state index contributed by atoms with van der Waals surface area (Å²) < 4.78 is 4.52. The van der Waals surface area contributed by atoms with Crippen LogP contribution >= 0.6 is 0 Å². The van der Waals surface area contributed by atoms with E-state index in [1.807, 2.05) is 30.3 Å². The molecule has 2 rings (SSSR count). The normalized spacial score (nSPS) is 9.47. The Bertz CT molecular complexity index is 603. The number of rotatable bonds is 1. The molecule has 0 bridgehead atoms. The molecule has 1 aromatic heterocycles. The maximum absolute atomic E-state index is 10.9.